The summed E-state index contributed by atoms with van der Waals surface area (Å²) in [6.45, 7) is 2.93. The fourth-order valence-electron chi connectivity index (χ4n) is 3.32. The molecule has 3 aromatic carbocycles. The smallest absolute Gasteiger partial charge is 0.252 e. The van der Waals surface area contributed by atoms with E-state index in [2.05, 4.69) is 10.5 Å². The predicted octanol–water partition coefficient (Wildman–Crippen LogP) is 4.13. The molecule has 3 aromatic rings. The van der Waals surface area contributed by atoms with Crippen molar-refractivity contribution in [3.63, 3.8) is 0 Å². The maximum atomic E-state index is 13.0. The van der Waals surface area contributed by atoms with Gasteiger partial charge in [0, 0.05) is 5.56 Å². The lowest BCUT2D eigenvalue weighted by atomic mass is 9.91. The average Bonchev–Trinajstić information content (AvgIpc) is 2.79. The van der Waals surface area contributed by atoms with Gasteiger partial charge in [-0.3, -0.25) is 4.79 Å². The van der Waals surface area contributed by atoms with Crippen LogP contribution in [-0.4, -0.2) is 24.8 Å². The molecule has 1 aliphatic heterocycles. The van der Waals surface area contributed by atoms with Crippen molar-refractivity contribution in [1.29, 1.82) is 0 Å². The summed E-state index contributed by atoms with van der Waals surface area (Å²) in [7, 11) is 0. The largest absolute Gasteiger partial charge is 0.486 e. The first-order valence-corrected chi connectivity index (χ1v) is 9.56. The van der Waals surface area contributed by atoms with Gasteiger partial charge in [0.2, 0.25) is 0 Å². The lowest BCUT2D eigenvalue weighted by molar-refractivity contribution is -0.121. The van der Waals surface area contributed by atoms with E-state index >= 15 is 0 Å². The van der Waals surface area contributed by atoms with Crippen LogP contribution in [0.25, 0.3) is 0 Å². The number of hydrazone groups is 1. The Labute approximate surface area is 170 Å². The molecule has 1 aliphatic rings. The number of nitrogens with zero attached hydrogens (tertiary/aromatic N) is 1. The minimum Gasteiger partial charge on any atom is -0.486 e. The van der Waals surface area contributed by atoms with Gasteiger partial charge in [0.05, 0.1) is 11.6 Å². The molecule has 5 nitrogen and oxygen atoms in total. The normalized spacial score (nSPS) is 13.2. The number of rotatable bonds is 5. The summed E-state index contributed by atoms with van der Waals surface area (Å²) in [4.78, 5) is 13.0. The predicted molar refractivity (Wildman–Crippen MR) is 113 cm³/mol. The van der Waals surface area contributed by atoms with E-state index in [-0.39, 0.29) is 5.91 Å². The topological polar surface area (TPSA) is 59.9 Å². The number of fused-ring (bicyclic) bond motifs is 1. The molecule has 0 saturated heterocycles. The van der Waals surface area contributed by atoms with Gasteiger partial charge in [0.15, 0.2) is 11.5 Å². The van der Waals surface area contributed by atoms with E-state index in [4.69, 9.17) is 9.47 Å². The summed E-state index contributed by atoms with van der Waals surface area (Å²) in [5, 5.41) is 4.34. The van der Waals surface area contributed by atoms with Crippen LogP contribution in [0.2, 0.25) is 0 Å². The molecule has 0 aliphatic carbocycles. The highest BCUT2D eigenvalue weighted by Crippen LogP contribution is 2.31. The Morgan fingerprint density at radius 1 is 0.862 bits per heavy atom. The van der Waals surface area contributed by atoms with Gasteiger partial charge in [0.1, 0.15) is 13.2 Å². The fraction of sp³-hybridized carbons (Fsp3) is 0.167. The number of ether oxygens (including phenoxy) is 2. The van der Waals surface area contributed by atoms with Gasteiger partial charge in [-0.05, 0) is 36.2 Å². The molecule has 0 atom stereocenters. The molecular formula is C24H22N2O3. The van der Waals surface area contributed by atoms with Crippen LogP contribution in [0.4, 0.5) is 0 Å². The summed E-state index contributed by atoms with van der Waals surface area (Å²) < 4.78 is 11.2. The third-order valence-electron chi connectivity index (χ3n) is 4.82. The van der Waals surface area contributed by atoms with Gasteiger partial charge >= 0.3 is 0 Å². The minimum absolute atomic E-state index is 0.181. The van der Waals surface area contributed by atoms with Gasteiger partial charge in [-0.2, -0.15) is 5.10 Å². The number of hydrogen-bond donors (Lipinski definition) is 1. The highest BCUT2D eigenvalue weighted by atomic mass is 16.6. The second kappa shape index (κ2) is 8.61. The Hall–Kier alpha value is -3.60. The zero-order valence-corrected chi connectivity index (χ0v) is 16.2. The summed E-state index contributed by atoms with van der Waals surface area (Å²) in [6, 6.07) is 25.1. The molecule has 0 fully saturated rings. The van der Waals surface area contributed by atoms with Crippen molar-refractivity contribution in [3.05, 3.63) is 95.6 Å². The maximum absolute atomic E-state index is 13.0. The van der Waals surface area contributed by atoms with Crippen molar-refractivity contribution in [3.8, 4) is 11.5 Å². The molecule has 0 radical (unpaired) electrons. The van der Waals surface area contributed by atoms with Crippen LogP contribution in [0.15, 0.2) is 84.0 Å². The van der Waals surface area contributed by atoms with Gasteiger partial charge in [0.25, 0.3) is 5.91 Å². The first-order chi connectivity index (χ1) is 14.2. The Morgan fingerprint density at radius 2 is 1.45 bits per heavy atom. The molecule has 0 spiro atoms. The molecule has 0 saturated carbocycles. The third kappa shape index (κ3) is 4.29. The van der Waals surface area contributed by atoms with Crippen molar-refractivity contribution < 1.29 is 14.3 Å². The molecule has 0 aromatic heterocycles. The highest BCUT2D eigenvalue weighted by molar-refractivity contribution is 6.00. The number of nitrogens with one attached hydrogen (secondary N) is 1. The second-order valence-corrected chi connectivity index (χ2v) is 6.79. The molecule has 0 unspecified atom stereocenters. The fourth-order valence-corrected chi connectivity index (χ4v) is 3.32. The standard InChI is InChI=1S/C24H22N2O3/c1-17(20-12-13-21-22(16-20)29-15-14-28-21)25-26-24(27)23(18-8-4-2-5-9-18)19-10-6-3-7-11-19/h2-13,16,23H,14-15H2,1H3,(H,26,27)/b25-17-. The van der Waals surface area contributed by atoms with Gasteiger partial charge in [-0.25, -0.2) is 5.43 Å². The second-order valence-electron chi connectivity index (χ2n) is 6.79. The summed E-state index contributed by atoms with van der Waals surface area (Å²) in [5.41, 5.74) is 6.13. The lowest BCUT2D eigenvalue weighted by Crippen LogP contribution is -2.27. The van der Waals surface area contributed by atoms with Crippen LogP contribution in [0.5, 0.6) is 11.5 Å². The SMILES string of the molecule is C/C(=N/NC(=O)C(c1ccccc1)c1ccccc1)c1ccc2c(c1)OCCO2. The highest BCUT2D eigenvalue weighted by Gasteiger charge is 2.22. The molecule has 1 N–H and O–H groups in total. The zero-order valence-electron chi connectivity index (χ0n) is 16.2. The van der Waals surface area contributed by atoms with E-state index in [0.29, 0.717) is 24.7 Å². The van der Waals surface area contributed by atoms with E-state index in [0.717, 1.165) is 22.4 Å². The molecule has 0 bridgehead atoms. The Kier molecular flexibility index (Phi) is 5.56. The average molecular weight is 386 g/mol. The van der Waals surface area contributed by atoms with E-state index in [9.17, 15) is 4.79 Å². The molecule has 4 rings (SSSR count). The molecule has 29 heavy (non-hydrogen) atoms. The van der Waals surface area contributed by atoms with Crippen molar-refractivity contribution >= 4 is 11.6 Å². The van der Waals surface area contributed by atoms with E-state index in [1.54, 1.807) is 0 Å². The van der Waals surface area contributed by atoms with Crippen molar-refractivity contribution in [2.45, 2.75) is 12.8 Å². The van der Waals surface area contributed by atoms with Gasteiger partial charge in [-0.15, -0.1) is 0 Å². The van der Waals surface area contributed by atoms with Crippen molar-refractivity contribution in [2.24, 2.45) is 5.10 Å². The van der Waals surface area contributed by atoms with E-state index in [1.165, 1.54) is 0 Å². The van der Waals surface area contributed by atoms with Crippen LogP contribution in [0.3, 0.4) is 0 Å². The van der Waals surface area contributed by atoms with Crippen LogP contribution in [0, 0.1) is 0 Å². The summed E-state index contributed by atoms with van der Waals surface area (Å²) in [6.07, 6.45) is 0. The first-order valence-electron chi connectivity index (χ1n) is 9.56. The molecule has 1 heterocycles. The Bertz CT molecular complexity index is 977. The van der Waals surface area contributed by atoms with Crippen molar-refractivity contribution in [2.75, 3.05) is 13.2 Å². The molecular weight excluding hydrogens is 364 g/mol. The maximum Gasteiger partial charge on any atom is 0.252 e. The molecule has 1 amide bonds. The summed E-state index contributed by atoms with van der Waals surface area (Å²) in [5.74, 6) is 0.805. The zero-order chi connectivity index (χ0) is 20.1. The Balaban J connectivity index is 1.56. The lowest BCUT2D eigenvalue weighted by Gasteiger charge is -2.19. The molecule has 146 valence electrons. The monoisotopic (exact) mass is 386 g/mol. The number of carbonyl (C=O) groups excluding carboxylic acids is 1. The third-order valence-corrected chi connectivity index (χ3v) is 4.82. The minimum atomic E-state index is -0.436. The Morgan fingerprint density at radius 3 is 2.07 bits per heavy atom. The first kappa shape index (κ1) is 18.7. The van der Waals surface area contributed by atoms with Gasteiger partial charge in [-0.1, -0.05) is 60.7 Å². The van der Waals surface area contributed by atoms with Gasteiger partial charge < -0.3 is 9.47 Å². The van der Waals surface area contributed by atoms with Crippen LogP contribution < -0.4 is 14.9 Å². The van der Waals surface area contributed by atoms with Crippen LogP contribution >= 0.6 is 0 Å². The number of amides is 1. The quantitative estimate of drug-likeness (QED) is 0.530. The van der Waals surface area contributed by atoms with Crippen molar-refractivity contribution in [1.82, 2.24) is 5.43 Å². The number of hydrogen-bond acceptors (Lipinski definition) is 4. The number of benzene rings is 3. The van der Waals surface area contributed by atoms with E-state index < -0.39 is 5.92 Å². The van der Waals surface area contributed by atoms with E-state index in [1.807, 2.05) is 85.8 Å². The van der Waals surface area contributed by atoms with Crippen LogP contribution in [0.1, 0.15) is 29.5 Å². The van der Waals surface area contributed by atoms with Crippen LogP contribution in [-0.2, 0) is 4.79 Å². The summed E-state index contributed by atoms with van der Waals surface area (Å²) >= 11 is 0. The molecule has 5 heteroatoms. The number of carbonyl (C=O) groups is 1.